The lowest BCUT2D eigenvalue weighted by Crippen LogP contribution is -2.24. The first-order valence-corrected chi connectivity index (χ1v) is 12.4. The van der Waals surface area contributed by atoms with Crippen LogP contribution in [0.15, 0.2) is 23.6 Å². The van der Waals surface area contributed by atoms with Gasteiger partial charge in [-0.3, -0.25) is 9.88 Å². The second-order valence-electron chi connectivity index (χ2n) is 9.11. The molecule has 0 unspecified atom stereocenters. The largest absolute Gasteiger partial charge is 0.490 e. The van der Waals surface area contributed by atoms with E-state index in [9.17, 15) is 26.3 Å². The number of alkyl halides is 6. The summed E-state index contributed by atoms with van der Waals surface area (Å²) in [6, 6.07) is 6.28. The highest BCUT2D eigenvalue weighted by Crippen LogP contribution is 2.45. The molecule has 5 rings (SSSR count). The number of aryl methyl sites for hydroxylation is 1. The molecule has 0 bridgehead atoms. The standard InChI is InChI=1S/C19H23N3OS.2C2HF3O2/c1-12-3-2-4-15(20-12)9-22-8-14-7-17(23-18(14)10-22)19-21-16(11-24-19)13-5-6-13;2*3-2(4,5)1(6)7/h2-4,11,13-14,17-18H,5-10H2,1H3;2*(H,6,7)/t14-,17-,18+;;/m0../s1. The molecule has 2 aliphatic heterocycles. The van der Waals surface area contributed by atoms with Gasteiger partial charge in [-0.2, -0.15) is 26.3 Å². The van der Waals surface area contributed by atoms with Gasteiger partial charge in [-0.25, -0.2) is 14.6 Å². The quantitative estimate of drug-likeness (QED) is 0.498. The van der Waals surface area contributed by atoms with Crippen LogP contribution in [0.5, 0.6) is 0 Å². The molecule has 1 aliphatic carbocycles. The number of ether oxygens (including phenoxy) is 1. The van der Waals surface area contributed by atoms with Crippen molar-refractivity contribution >= 4 is 23.3 Å². The number of nitrogens with zero attached hydrogens (tertiary/aromatic N) is 3. The molecule has 3 fully saturated rings. The third-order valence-electron chi connectivity index (χ3n) is 5.94. The van der Waals surface area contributed by atoms with Crippen molar-refractivity contribution in [2.75, 3.05) is 13.1 Å². The highest BCUT2D eigenvalue weighted by Gasteiger charge is 2.43. The molecular formula is C23H25F6N3O5S. The Morgan fingerprint density at radius 2 is 1.66 bits per heavy atom. The van der Waals surface area contributed by atoms with Crippen molar-refractivity contribution in [2.45, 2.75) is 63.2 Å². The van der Waals surface area contributed by atoms with E-state index in [2.05, 4.69) is 40.4 Å². The summed E-state index contributed by atoms with van der Waals surface area (Å²) < 4.78 is 69.8. The van der Waals surface area contributed by atoms with Crippen molar-refractivity contribution in [3.8, 4) is 0 Å². The van der Waals surface area contributed by atoms with Gasteiger partial charge in [0.15, 0.2) is 0 Å². The third-order valence-corrected chi connectivity index (χ3v) is 6.89. The normalized spacial score (nSPS) is 23.1. The average molecular weight is 570 g/mol. The molecular weight excluding hydrogens is 544 g/mol. The molecule has 0 spiro atoms. The average Bonchev–Trinajstić information content (AvgIpc) is 3.20. The fourth-order valence-electron chi connectivity index (χ4n) is 4.07. The zero-order chi connectivity index (χ0) is 28.3. The zero-order valence-corrected chi connectivity index (χ0v) is 20.8. The highest BCUT2D eigenvalue weighted by atomic mass is 32.1. The first-order chi connectivity index (χ1) is 17.6. The predicted octanol–water partition coefficient (Wildman–Crippen LogP) is 4.95. The molecule has 2 N–H and O–H groups in total. The van der Waals surface area contributed by atoms with Crippen LogP contribution in [0.1, 0.15) is 53.4 Å². The molecule has 2 aromatic heterocycles. The van der Waals surface area contributed by atoms with Gasteiger partial charge in [-0.1, -0.05) is 6.07 Å². The first-order valence-electron chi connectivity index (χ1n) is 11.5. The van der Waals surface area contributed by atoms with Gasteiger partial charge in [0.25, 0.3) is 0 Å². The van der Waals surface area contributed by atoms with E-state index in [4.69, 9.17) is 29.5 Å². The van der Waals surface area contributed by atoms with E-state index in [1.165, 1.54) is 29.2 Å². The summed E-state index contributed by atoms with van der Waals surface area (Å²) in [5.74, 6) is -4.12. The summed E-state index contributed by atoms with van der Waals surface area (Å²) >= 11 is 1.80. The van der Waals surface area contributed by atoms with Gasteiger partial charge < -0.3 is 14.9 Å². The van der Waals surface area contributed by atoms with Gasteiger partial charge in [0.2, 0.25) is 0 Å². The molecule has 8 nitrogen and oxygen atoms in total. The SMILES string of the molecule is Cc1cccc(CN2C[C@@H]3C[C@@H](c4nc(C5CC5)cs4)O[C@@H]3C2)n1.O=C(O)C(F)(F)F.O=C(O)C(F)(F)F. The topological polar surface area (TPSA) is 113 Å². The molecule has 15 heteroatoms. The fraction of sp³-hybridized carbons (Fsp3) is 0.565. The molecule has 2 saturated heterocycles. The van der Waals surface area contributed by atoms with Crippen molar-refractivity contribution < 1.29 is 50.9 Å². The van der Waals surface area contributed by atoms with Gasteiger partial charge >= 0.3 is 24.3 Å². The van der Waals surface area contributed by atoms with Crippen LogP contribution in [-0.2, 0) is 20.9 Å². The minimum absolute atomic E-state index is 0.233. The number of thiazole rings is 1. The van der Waals surface area contributed by atoms with Crippen molar-refractivity contribution in [3.05, 3.63) is 45.7 Å². The number of aliphatic carboxylic acids is 2. The Labute approximate surface area is 217 Å². The van der Waals surface area contributed by atoms with Gasteiger partial charge in [0.05, 0.1) is 17.5 Å². The van der Waals surface area contributed by atoms with Gasteiger partial charge in [0.1, 0.15) is 11.1 Å². The fourth-order valence-corrected chi connectivity index (χ4v) is 5.02. The van der Waals surface area contributed by atoms with E-state index < -0.39 is 24.3 Å². The number of rotatable bonds is 4. The van der Waals surface area contributed by atoms with Crippen LogP contribution < -0.4 is 0 Å². The monoisotopic (exact) mass is 569 g/mol. The summed E-state index contributed by atoms with van der Waals surface area (Å²) in [7, 11) is 0. The Bertz CT molecular complexity index is 1080. The minimum atomic E-state index is -5.08. The Balaban J connectivity index is 0.000000239. The Kier molecular flexibility index (Phi) is 9.36. The number of fused-ring (bicyclic) bond motifs is 1. The summed E-state index contributed by atoms with van der Waals surface area (Å²) in [5.41, 5.74) is 3.57. The van der Waals surface area contributed by atoms with Crippen LogP contribution in [0.4, 0.5) is 26.3 Å². The number of aromatic nitrogens is 2. The second-order valence-corrected chi connectivity index (χ2v) is 10.0. The lowest BCUT2D eigenvalue weighted by Gasteiger charge is -2.18. The maximum atomic E-state index is 10.6. The summed E-state index contributed by atoms with van der Waals surface area (Å²) in [5, 5.41) is 17.7. The van der Waals surface area contributed by atoms with Crippen LogP contribution in [0, 0.1) is 12.8 Å². The Morgan fingerprint density at radius 1 is 1.05 bits per heavy atom. The molecule has 38 heavy (non-hydrogen) atoms. The second kappa shape index (κ2) is 11.9. The van der Waals surface area contributed by atoms with Gasteiger partial charge in [-0.15, -0.1) is 11.3 Å². The maximum absolute atomic E-state index is 10.6. The van der Waals surface area contributed by atoms with Gasteiger partial charge in [-0.05, 0) is 38.3 Å². The number of carboxylic acid groups (broad SMARTS) is 2. The molecule has 0 radical (unpaired) electrons. The summed E-state index contributed by atoms with van der Waals surface area (Å²) in [6.07, 6.45) is -5.80. The van der Waals surface area contributed by atoms with Crippen LogP contribution in [-0.4, -0.2) is 68.6 Å². The van der Waals surface area contributed by atoms with Crippen LogP contribution >= 0.6 is 11.3 Å². The van der Waals surface area contributed by atoms with Crippen LogP contribution in [0.25, 0.3) is 0 Å². The molecule has 210 valence electrons. The summed E-state index contributed by atoms with van der Waals surface area (Å²) in [6.45, 7) is 5.14. The van der Waals surface area contributed by atoms with E-state index in [0.29, 0.717) is 12.0 Å². The van der Waals surface area contributed by atoms with E-state index in [0.717, 1.165) is 37.7 Å². The molecule has 0 aromatic carbocycles. The summed E-state index contributed by atoms with van der Waals surface area (Å²) in [4.78, 5) is 29.8. The molecule has 4 heterocycles. The lowest BCUT2D eigenvalue weighted by molar-refractivity contribution is -0.193. The van der Waals surface area contributed by atoms with E-state index in [1.54, 1.807) is 11.3 Å². The smallest absolute Gasteiger partial charge is 0.475 e. The van der Waals surface area contributed by atoms with Gasteiger partial charge in [0, 0.05) is 42.5 Å². The number of halogens is 6. The maximum Gasteiger partial charge on any atom is 0.490 e. The molecule has 0 amide bonds. The van der Waals surface area contributed by atoms with Crippen molar-refractivity contribution in [1.29, 1.82) is 0 Å². The van der Waals surface area contributed by atoms with Crippen LogP contribution in [0.2, 0.25) is 0 Å². The van der Waals surface area contributed by atoms with Crippen LogP contribution in [0.3, 0.4) is 0 Å². The van der Waals surface area contributed by atoms with E-state index >= 15 is 0 Å². The van der Waals surface area contributed by atoms with E-state index in [-0.39, 0.29) is 6.10 Å². The molecule has 3 aliphatic rings. The third kappa shape index (κ3) is 8.63. The molecule has 2 aromatic rings. The number of carboxylic acids is 2. The van der Waals surface area contributed by atoms with Crippen molar-refractivity contribution in [1.82, 2.24) is 14.9 Å². The van der Waals surface area contributed by atoms with E-state index in [1.807, 2.05) is 0 Å². The number of likely N-dealkylation sites (tertiary alicyclic amines) is 1. The molecule has 3 atom stereocenters. The highest BCUT2D eigenvalue weighted by molar-refractivity contribution is 7.09. The zero-order valence-electron chi connectivity index (χ0n) is 20.0. The number of hydrogen-bond acceptors (Lipinski definition) is 7. The van der Waals surface area contributed by atoms with Crippen molar-refractivity contribution in [3.63, 3.8) is 0 Å². The number of carbonyl (C=O) groups is 2. The minimum Gasteiger partial charge on any atom is -0.475 e. The Morgan fingerprint density at radius 3 is 2.16 bits per heavy atom. The van der Waals surface area contributed by atoms with Crippen molar-refractivity contribution in [2.24, 2.45) is 5.92 Å². The lowest BCUT2D eigenvalue weighted by atomic mass is 10.0. The molecule has 1 saturated carbocycles. The number of pyridine rings is 1. The Hall–Kier alpha value is -2.78. The predicted molar refractivity (Wildman–Crippen MR) is 121 cm³/mol. The first kappa shape index (κ1) is 29.8. The number of hydrogen-bond donors (Lipinski definition) is 2.